The van der Waals surface area contributed by atoms with Crippen LogP contribution in [0.1, 0.15) is 0 Å². The summed E-state index contributed by atoms with van der Waals surface area (Å²) in [6.07, 6.45) is 1.60. The third-order valence-electron chi connectivity index (χ3n) is 1.34. The average Bonchev–Trinajstić information content (AvgIpc) is 2.04. The van der Waals surface area contributed by atoms with Gasteiger partial charge in [-0.1, -0.05) is 6.58 Å². The van der Waals surface area contributed by atoms with Crippen LogP contribution in [-0.4, -0.2) is 19.5 Å². The fourth-order valence-corrected chi connectivity index (χ4v) is 0.762. The van der Waals surface area contributed by atoms with E-state index in [0.717, 1.165) is 0 Å². The van der Waals surface area contributed by atoms with Gasteiger partial charge in [-0.3, -0.25) is 0 Å². The smallest absolute Gasteiger partial charge is 0.159 e. The highest BCUT2D eigenvalue weighted by atomic mass is 16.5. The Labute approximate surface area is 65.4 Å². The molecule has 0 saturated heterocycles. The van der Waals surface area contributed by atoms with Crippen LogP contribution in [0.5, 0.6) is 0 Å². The average molecular weight is 153 g/mol. The van der Waals surface area contributed by atoms with Gasteiger partial charge in [-0.25, -0.2) is 4.99 Å². The second-order valence-corrected chi connectivity index (χ2v) is 2.08. The number of rotatable bonds is 2. The van der Waals surface area contributed by atoms with Gasteiger partial charge in [-0.2, -0.15) is 0 Å². The maximum absolute atomic E-state index is 5.35. The summed E-state index contributed by atoms with van der Waals surface area (Å²) in [7, 11) is 1.57. The maximum atomic E-state index is 5.35. The van der Waals surface area contributed by atoms with Gasteiger partial charge in [0.1, 0.15) is 5.84 Å². The van der Waals surface area contributed by atoms with Gasteiger partial charge in [0.15, 0.2) is 5.76 Å². The molecule has 1 rings (SSSR count). The molecule has 0 aliphatic carbocycles. The molecule has 0 spiro atoms. The normalized spacial score (nSPS) is 16.7. The molecule has 1 aliphatic rings. The quantitative estimate of drug-likeness (QED) is 0.584. The Kier molecular flexibility index (Phi) is 2.28. The number of methoxy groups -OCH3 is 1. The van der Waals surface area contributed by atoms with Crippen molar-refractivity contribution in [2.24, 2.45) is 10.7 Å². The molecule has 0 aromatic rings. The molecule has 3 N–H and O–H groups in total. The van der Waals surface area contributed by atoms with Gasteiger partial charge in [0.2, 0.25) is 0 Å². The number of amidine groups is 1. The summed E-state index contributed by atoms with van der Waals surface area (Å²) in [4.78, 5) is 3.98. The van der Waals surface area contributed by atoms with Crippen LogP contribution < -0.4 is 11.1 Å². The van der Waals surface area contributed by atoms with Crippen LogP contribution in [0, 0.1) is 0 Å². The lowest BCUT2D eigenvalue weighted by Crippen LogP contribution is -2.32. The van der Waals surface area contributed by atoms with Crippen LogP contribution in [0.2, 0.25) is 0 Å². The van der Waals surface area contributed by atoms with Gasteiger partial charge >= 0.3 is 0 Å². The fraction of sp³-hybridized carbons (Fsp3) is 0.286. The fourth-order valence-electron chi connectivity index (χ4n) is 0.762. The van der Waals surface area contributed by atoms with Crippen LogP contribution in [-0.2, 0) is 4.74 Å². The Balaban J connectivity index is 2.77. The molecule has 0 unspecified atom stereocenters. The monoisotopic (exact) mass is 153 g/mol. The summed E-state index contributed by atoms with van der Waals surface area (Å²) in [5, 5.41) is 2.90. The minimum atomic E-state index is 0.381. The standard InChI is InChI=1S/C7H11N3O/c1-5-6(11-2)4-9-7(3-8)10-5/h4H,1,3,8H2,2H3,(H,9,10). The van der Waals surface area contributed by atoms with Gasteiger partial charge in [-0.15, -0.1) is 0 Å². The van der Waals surface area contributed by atoms with Crippen molar-refractivity contribution in [1.82, 2.24) is 5.32 Å². The zero-order valence-corrected chi connectivity index (χ0v) is 6.42. The summed E-state index contributed by atoms with van der Waals surface area (Å²) < 4.78 is 4.95. The number of nitrogens with zero attached hydrogens (tertiary/aromatic N) is 1. The van der Waals surface area contributed by atoms with Crippen molar-refractivity contribution in [1.29, 1.82) is 0 Å². The zero-order chi connectivity index (χ0) is 8.27. The highest BCUT2D eigenvalue weighted by molar-refractivity contribution is 5.87. The minimum absolute atomic E-state index is 0.381. The third-order valence-corrected chi connectivity index (χ3v) is 1.34. The first kappa shape index (κ1) is 7.81. The van der Waals surface area contributed by atoms with E-state index >= 15 is 0 Å². The summed E-state index contributed by atoms with van der Waals surface area (Å²) in [6.45, 7) is 4.11. The SMILES string of the molecule is C=C1NC(CN)=NC=C1OC. The van der Waals surface area contributed by atoms with E-state index in [-0.39, 0.29) is 0 Å². The number of nitrogens with two attached hydrogens (primary N) is 1. The molecular formula is C7H11N3O. The predicted octanol–water partition coefficient (Wildman–Crippen LogP) is -0.0517. The summed E-state index contributed by atoms with van der Waals surface area (Å²) in [5.74, 6) is 1.35. The lowest BCUT2D eigenvalue weighted by Gasteiger charge is -2.15. The van der Waals surface area contributed by atoms with E-state index in [1.54, 1.807) is 13.3 Å². The van der Waals surface area contributed by atoms with Crippen LogP contribution >= 0.6 is 0 Å². The molecule has 4 nitrogen and oxygen atoms in total. The van der Waals surface area contributed by atoms with Crippen molar-refractivity contribution >= 4 is 5.84 Å². The van der Waals surface area contributed by atoms with Gasteiger partial charge in [0.05, 0.1) is 25.6 Å². The molecule has 0 saturated carbocycles. The van der Waals surface area contributed by atoms with E-state index in [1.165, 1.54) is 0 Å². The van der Waals surface area contributed by atoms with Crippen molar-refractivity contribution in [3.8, 4) is 0 Å². The van der Waals surface area contributed by atoms with E-state index in [4.69, 9.17) is 10.5 Å². The third kappa shape index (κ3) is 1.59. The number of hydrogen-bond donors (Lipinski definition) is 2. The number of nitrogens with one attached hydrogen (secondary N) is 1. The molecule has 0 atom stereocenters. The van der Waals surface area contributed by atoms with Crippen LogP contribution in [0.15, 0.2) is 29.2 Å². The van der Waals surface area contributed by atoms with E-state index in [2.05, 4.69) is 16.9 Å². The molecule has 0 fully saturated rings. The molecule has 4 heteroatoms. The molecule has 0 radical (unpaired) electrons. The van der Waals surface area contributed by atoms with Crippen molar-refractivity contribution < 1.29 is 4.74 Å². The Hall–Kier alpha value is -1.29. The zero-order valence-electron chi connectivity index (χ0n) is 6.42. The lowest BCUT2D eigenvalue weighted by molar-refractivity contribution is 0.296. The van der Waals surface area contributed by atoms with Crippen LogP contribution in [0.3, 0.4) is 0 Å². The summed E-state index contributed by atoms with van der Waals surface area (Å²) in [6, 6.07) is 0. The molecule has 0 bridgehead atoms. The first-order valence-corrected chi connectivity index (χ1v) is 3.25. The molecule has 0 aromatic heterocycles. The lowest BCUT2D eigenvalue weighted by atomic mass is 10.3. The predicted molar refractivity (Wildman–Crippen MR) is 43.9 cm³/mol. The van der Waals surface area contributed by atoms with Crippen molar-refractivity contribution in [3.05, 3.63) is 24.2 Å². The first-order valence-electron chi connectivity index (χ1n) is 3.25. The second kappa shape index (κ2) is 3.21. The second-order valence-electron chi connectivity index (χ2n) is 2.08. The first-order chi connectivity index (χ1) is 5.27. The van der Waals surface area contributed by atoms with Gasteiger partial charge in [-0.05, 0) is 0 Å². The molecule has 1 aliphatic heterocycles. The maximum Gasteiger partial charge on any atom is 0.159 e. The highest BCUT2D eigenvalue weighted by Crippen LogP contribution is 2.08. The van der Waals surface area contributed by atoms with Gasteiger partial charge in [0.25, 0.3) is 0 Å². The van der Waals surface area contributed by atoms with E-state index in [9.17, 15) is 0 Å². The largest absolute Gasteiger partial charge is 0.493 e. The van der Waals surface area contributed by atoms with Gasteiger partial charge < -0.3 is 15.8 Å². The van der Waals surface area contributed by atoms with Crippen molar-refractivity contribution in [2.75, 3.05) is 13.7 Å². The Morgan fingerprint density at radius 2 is 2.55 bits per heavy atom. The Bertz CT molecular complexity index is 230. The number of aliphatic imine (C=N–C) groups is 1. The summed E-state index contributed by atoms with van der Waals surface area (Å²) >= 11 is 0. The molecule has 0 amide bonds. The van der Waals surface area contributed by atoms with Gasteiger partial charge in [0, 0.05) is 0 Å². The Morgan fingerprint density at radius 3 is 3.00 bits per heavy atom. The molecular weight excluding hydrogens is 142 g/mol. The number of ether oxygens (including phenoxy) is 1. The van der Waals surface area contributed by atoms with Crippen LogP contribution in [0.4, 0.5) is 0 Å². The van der Waals surface area contributed by atoms with E-state index in [0.29, 0.717) is 23.8 Å². The Morgan fingerprint density at radius 1 is 1.82 bits per heavy atom. The molecule has 0 aromatic carbocycles. The molecule has 60 valence electrons. The minimum Gasteiger partial charge on any atom is -0.493 e. The molecule has 1 heterocycles. The summed E-state index contributed by atoms with van der Waals surface area (Å²) in [5.41, 5.74) is 6.05. The van der Waals surface area contributed by atoms with Crippen LogP contribution in [0.25, 0.3) is 0 Å². The van der Waals surface area contributed by atoms with Crippen molar-refractivity contribution in [2.45, 2.75) is 0 Å². The topological polar surface area (TPSA) is 59.6 Å². The number of hydrogen-bond acceptors (Lipinski definition) is 4. The van der Waals surface area contributed by atoms with E-state index in [1.807, 2.05) is 0 Å². The van der Waals surface area contributed by atoms with Crippen molar-refractivity contribution in [3.63, 3.8) is 0 Å². The molecule has 11 heavy (non-hydrogen) atoms. The van der Waals surface area contributed by atoms with E-state index < -0.39 is 0 Å². The highest BCUT2D eigenvalue weighted by Gasteiger charge is 2.08.